The van der Waals surface area contributed by atoms with Gasteiger partial charge in [0.25, 0.3) is 11.6 Å². The number of aryl methyl sites for hydroxylation is 2. The van der Waals surface area contributed by atoms with E-state index in [4.69, 9.17) is 0 Å². The van der Waals surface area contributed by atoms with Crippen LogP contribution in [0.15, 0.2) is 30.3 Å². The zero-order valence-corrected chi connectivity index (χ0v) is 14.6. The average Bonchev–Trinajstić information content (AvgIpc) is 3.03. The van der Waals surface area contributed by atoms with Crippen molar-refractivity contribution < 1.29 is 9.72 Å². The highest BCUT2D eigenvalue weighted by Crippen LogP contribution is 2.33. The average molecular weight is 350 g/mol. The molecule has 0 aliphatic carbocycles. The van der Waals surface area contributed by atoms with Gasteiger partial charge in [0.15, 0.2) is 5.69 Å². The van der Waals surface area contributed by atoms with Gasteiger partial charge in [0.2, 0.25) is 0 Å². The van der Waals surface area contributed by atoms with E-state index in [0.29, 0.717) is 17.4 Å². The SMILES string of the molecule is Cc1cc(C)c2c(c1)N(C(=O)c1n[nH]c3ccc([N+](=O)[O-])cc13)CCC2. The summed E-state index contributed by atoms with van der Waals surface area (Å²) in [5.74, 6) is -0.234. The molecule has 3 aromatic rings. The lowest BCUT2D eigenvalue weighted by Gasteiger charge is -2.30. The molecule has 1 N–H and O–H groups in total. The van der Waals surface area contributed by atoms with E-state index in [2.05, 4.69) is 23.2 Å². The van der Waals surface area contributed by atoms with Gasteiger partial charge >= 0.3 is 0 Å². The standard InChI is InChI=1S/C19H18N4O3/c1-11-8-12(2)14-4-3-7-22(17(14)9-11)19(24)18-15-10-13(23(25)26)5-6-16(15)20-21-18/h5-6,8-10H,3-4,7H2,1-2H3,(H,20,21). The Labute approximate surface area is 149 Å². The van der Waals surface area contributed by atoms with E-state index in [9.17, 15) is 14.9 Å². The van der Waals surface area contributed by atoms with Gasteiger partial charge in [-0.25, -0.2) is 0 Å². The fourth-order valence-electron chi connectivity index (χ4n) is 3.69. The van der Waals surface area contributed by atoms with E-state index in [1.165, 1.54) is 23.3 Å². The molecule has 1 aromatic heterocycles. The number of nitrogens with zero attached hydrogens (tertiary/aromatic N) is 3. The van der Waals surface area contributed by atoms with E-state index in [1.807, 2.05) is 13.0 Å². The molecular formula is C19H18N4O3. The second-order valence-electron chi connectivity index (χ2n) is 6.70. The van der Waals surface area contributed by atoms with Crippen LogP contribution in [0.2, 0.25) is 0 Å². The number of non-ortho nitro benzene ring substituents is 1. The smallest absolute Gasteiger partial charge is 0.279 e. The van der Waals surface area contributed by atoms with Crippen LogP contribution in [0.25, 0.3) is 10.9 Å². The summed E-state index contributed by atoms with van der Waals surface area (Å²) in [5.41, 5.74) is 5.15. The van der Waals surface area contributed by atoms with E-state index < -0.39 is 4.92 Å². The summed E-state index contributed by atoms with van der Waals surface area (Å²) in [4.78, 5) is 25.6. The maximum absolute atomic E-state index is 13.2. The Morgan fingerprint density at radius 1 is 1.27 bits per heavy atom. The number of carbonyl (C=O) groups excluding carboxylic acids is 1. The molecule has 0 fully saturated rings. The molecule has 7 heteroatoms. The number of hydrogen-bond donors (Lipinski definition) is 1. The zero-order valence-electron chi connectivity index (χ0n) is 14.6. The second kappa shape index (κ2) is 5.94. The highest BCUT2D eigenvalue weighted by atomic mass is 16.6. The molecule has 0 radical (unpaired) electrons. The molecule has 1 aliphatic rings. The predicted molar refractivity (Wildman–Crippen MR) is 98.7 cm³/mol. The van der Waals surface area contributed by atoms with Crippen molar-refractivity contribution in [1.82, 2.24) is 10.2 Å². The van der Waals surface area contributed by atoms with Crippen LogP contribution in [0.1, 0.15) is 33.6 Å². The number of nitro groups is 1. The lowest BCUT2D eigenvalue weighted by atomic mass is 9.94. The maximum atomic E-state index is 13.2. The monoisotopic (exact) mass is 350 g/mol. The molecule has 7 nitrogen and oxygen atoms in total. The van der Waals surface area contributed by atoms with Crippen molar-refractivity contribution in [2.75, 3.05) is 11.4 Å². The van der Waals surface area contributed by atoms with Crippen molar-refractivity contribution in [2.45, 2.75) is 26.7 Å². The Hall–Kier alpha value is -3.22. The lowest BCUT2D eigenvalue weighted by molar-refractivity contribution is -0.384. The minimum atomic E-state index is -0.469. The van der Waals surface area contributed by atoms with Crippen molar-refractivity contribution in [3.63, 3.8) is 0 Å². The first kappa shape index (κ1) is 16.3. The number of anilines is 1. The highest BCUT2D eigenvalue weighted by molar-refractivity contribution is 6.13. The van der Waals surface area contributed by atoms with Crippen LogP contribution in [0.3, 0.4) is 0 Å². The van der Waals surface area contributed by atoms with Gasteiger partial charge in [-0.05, 0) is 55.5 Å². The van der Waals surface area contributed by atoms with Crippen LogP contribution in [0, 0.1) is 24.0 Å². The van der Waals surface area contributed by atoms with E-state index >= 15 is 0 Å². The largest absolute Gasteiger partial charge is 0.307 e. The molecule has 2 heterocycles. The van der Waals surface area contributed by atoms with Gasteiger partial charge < -0.3 is 4.90 Å². The maximum Gasteiger partial charge on any atom is 0.279 e. The number of nitrogens with one attached hydrogen (secondary N) is 1. The summed E-state index contributed by atoms with van der Waals surface area (Å²) < 4.78 is 0. The number of fused-ring (bicyclic) bond motifs is 2. The number of nitro benzene ring substituents is 1. The molecule has 1 aliphatic heterocycles. The predicted octanol–water partition coefficient (Wildman–Crippen LogP) is 3.68. The van der Waals surface area contributed by atoms with Crippen molar-refractivity contribution in [2.24, 2.45) is 0 Å². The van der Waals surface area contributed by atoms with Crippen LogP contribution in [-0.4, -0.2) is 27.6 Å². The third kappa shape index (κ3) is 2.52. The minimum Gasteiger partial charge on any atom is -0.307 e. The first-order chi connectivity index (χ1) is 12.5. The van der Waals surface area contributed by atoms with Crippen molar-refractivity contribution in [3.05, 3.63) is 62.8 Å². The molecule has 1 amide bonds. The summed E-state index contributed by atoms with van der Waals surface area (Å²) in [6.45, 7) is 4.68. The number of aromatic amines is 1. The molecule has 0 spiro atoms. The number of H-pyrrole nitrogens is 1. The number of benzene rings is 2. The van der Waals surface area contributed by atoms with Crippen molar-refractivity contribution in [1.29, 1.82) is 0 Å². The minimum absolute atomic E-state index is 0.0568. The third-order valence-electron chi connectivity index (χ3n) is 4.90. The van der Waals surface area contributed by atoms with Crippen molar-refractivity contribution >= 4 is 28.2 Å². The van der Waals surface area contributed by atoms with Gasteiger partial charge in [0.1, 0.15) is 0 Å². The number of hydrogen-bond acceptors (Lipinski definition) is 4. The van der Waals surface area contributed by atoms with Gasteiger partial charge in [-0.3, -0.25) is 20.0 Å². The molecular weight excluding hydrogens is 332 g/mol. The number of rotatable bonds is 2. The molecule has 0 unspecified atom stereocenters. The Bertz CT molecular complexity index is 1050. The summed E-state index contributed by atoms with van der Waals surface area (Å²) in [6.07, 6.45) is 1.82. The van der Waals surface area contributed by atoms with Crippen LogP contribution < -0.4 is 4.90 Å². The normalized spacial score (nSPS) is 13.7. The molecule has 0 saturated carbocycles. The fraction of sp³-hybridized carbons (Fsp3) is 0.263. The molecule has 0 saturated heterocycles. The van der Waals surface area contributed by atoms with Crippen LogP contribution in [0.5, 0.6) is 0 Å². The van der Waals surface area contributed by atoms with Crippen LogP contribution in [-0.2, 0) is 6.42 Å². The second-order valence-corrected chi connectivity index (χ2v) is 6.70. The summed E-state index contributed by atoms with van der Waals surface area (Å²) >= 11 is 0. The Morgan fingerprint density at radius 3 is 2.85 bits per heavy atom. The molecule has 132 valence electrons. The van der Waals surface area contributed by atoms with E-state index in [1.54, 1.807) is 11.0 Å². The van der Waals surface area contributed by atoms with Gasteiger partial charge in [-0.2, -0.15) is 5.10 Å². The fourth-order valence-corrected chi connectivity index (χ4v) is 3.69. The number of aromatic nitrogens is 2. The zero-order chi connectivity index (χ0) is 18.4. The number of amides is 1. The Balaban J connectivity index is 1.82. The molecule has 26 heavy (non-hydrogen) atoms. The number of carbonyl (C=O) groups is 1. The Kier molecular flexibility index (Phi) is 3.72. The summed E-state index contributed by atoms with van der Waals surface area (Å²) in [7, 11) is 0. The van der Waals surface area contributed by atoms with Gasteiger partial charge in [0, 0.05) is 29.8 Å². The van der Waals surface area contributed by atoms with Gasteiger partial charge in [-0.15, -0.1) is 0 Å². The molecule has 2 aromatic carbocycles. The molecule has 0 bridgehead atoms. The highest BCUT2D eigenvalue weighted by Gasteiger charge is 2.28. The quantitative estimate of drug-likeness (QED) is 0.564. The lowest BCUT2D eigenvalue weighted by Crippen LogP contribution is -2.36. The summed E-state index contributed by atoms with van der Waals surface area (Å²) in [6, 6.07) is 8.53. The Morgan fingerprint density at radius 2 is 2.08 bits per heavy atom. The van der Waals surface area contributed by atoms with E-state index in [-0.39, 0.29) is 17.3 Å². The molecule has 0 atom stereocenters. The topological polar surface area (TPSA) is 92.1 Å². The van der Waals surface area contributed by atoms with Gasteiger partial charge in [-0.1, -0.05) is 6.07 Å². The third-order valence-corrected chi connectivity index (χ3v) is 4.90. The first-order valence-corrected chi connectivity index (χ1v) is 8.50. The first-order valence-electron chi connectivity index (χ1n) is 8.50. The van der Waals surface area contributed by atoms with Gasteiger partial charge in [0.05, 0.1) is 10.4 Å². The van der Waals surface area contributed by atoms with Crippen molar-refractivity contribution in [3.8, 4) is 0 Å². The van der Waals surface area contributed by atoms with E-state index in [0.717, 1.165) is 24.1 Å². The van der Waals surface area contributed by atoms with Crippen LogP contribution in [0.4, 0.5) is 11.4 Å². The summed E-state index contributed by atoms with van der Waals surface area (Å²) in [5, 5.41) is 18.5. The molecule has 4 rings (SSSR count). The van der Waals surface area contributed by atoms with Crippen LogP contribution >= 0.6 is 0 Å².